The van der Waals surface area contributed by atoms with Crippen molar-refractivity contribution in [1.82, 2.24) is 0 Å². The van der Waals surface area contributed by atoms with Gasteiger partial charge >= 0.3 is 0 Å². The highest BCUT2D eigenvalue weighted by Gasteiger charge is 2.10. The Balaban J connectivity index is 0. The van der Waals surface area contributed by atoms with Gasteiger partial charge in [0.15, 0.2) is 0 Å². The Morgan fingerprint density at radius 3 is 1.64 bits per heavy atom. The van der Waals surface area contributed by atoms with E-state index in [1.165, 1.54) is 12.8 Å². The molecule has 0 aromatic carbocycles. The molecule has 0 rings (SSSR count). The Kier molecular flexibility index (Phi) is 11.8. The van der Waals surface area contributed by atoms with Crippen LogP contribution in [0.15, 0.2) is 0 Å². The van der Waals surface area contributed by atoms with Crippen LogP contribution < -0.4 is 0 Å². The van der Waals surface area contributed by atoms with E-state index in [-0.39, 0.29) is 23.9 Å². The zero-order valence-electron chi connectivity index (χ0n) is 10.2. The first-order valence-electron chi connectivity index (χ1n) is 5.53. The summed E-state index contributed by atoms with van der Waals surface area (Å²) >= 11 is 0. The standard InChI is InChI=1S/C8H14O2.C4H10/c1-4-7(9)5-8(10)6(2)3;1-3-4-2/h6H,4-5H2,1-3H3;3-4H2,1-2H3. The fourth-order valence-corrected chi connectivity index (χ4v) is 0.523. The van der Waals surface area contributed by atoms with Gasteiger partial charge in [0.05, 0.1) is 6.42 Å². The molecule has 0 amide bonds. The SMILES string of the molecule is CCC(=O)CC(=O)C(C)C.CCCC. The van der Waals surface area contributed by atoms with Crippen molar-refractivity contribution in [2.24, 2.45) is 5.92 Å². The van der Waals surface area contributed by atoms with E-state index in [9.17, 15) is 9.59 Å². The molecule has 0 N–H and O–H groups in total. The van der Waals surface area contributed by atoms with Crippen molar-refractivity contribution in [3.05, 3.63) is 0 Å². The minimum absolute atomic E-state index is 0.00417. The van der Waals surface area contributed by atoms with E-state index in [4.69, 9.17) is 0 Å². The van der Waals surface area contributed by atoms with Crippen molar-refractivity contribution in [3.63, 3.8) is 0 Å². The van der Waals surface area contributed by atoms with Crippen LogP contribution in [-0.2, 0) is 9.59 Å². The van der Waals surface area contributed by atoms with E-state index in [1.54, 1.807) is 6.92 Å². The fourth-order valence-electron chi connectivity index (χ4n) is 0.523. The zero-order valence-corrected chi connectivity index (χ0v) is 10.2. The minimum Gasteiger partial charge on any atom is -0.299 e. The lowest BCUT2D eigenvalue weighted by atomic mass is 10.0. The highest BCUT2D eigenvalue weighted by molar-refractivity contribution is 5.99. The summed E-state index contributed by atoms with van der Waals surface area (Å²) < 4.78 is 0. The third-order valence-electron chi connectivity index (χ3n) is 1.91. The molecule has 84 valence electrons. The van der Waals surface area contributed by atoms with Crippen LogP contribution in [0.4, 0.5) is 0 Å². The molecule has 0 aromatic rings. The minimum atomic E-state index is -0.00417. The first kappa shape index (κ1) is 15.8. The van der Waals surface area contributed by atoms with Crippen molar-refractivity contribution in [3.8, 4) is 0 Å². The lowest BCUT2D eigenvalue weighted by molar-refractivity contribution is -0.128. The molecule has 0 atom stereocenters. The number of ketones is 2. The van der Waals surface area contributed by atoms with Crippen molar-refractivity contribution >= 4 is 11.6 Å². The maximum atomic E-state index is 10.9. The predicted octanol–water partition coefficient (Wildman–Crippen LogP) is 3.39. The summed E-state index contributed by atoms with van der Waals surface area (Å²) in [7, 11) is 0. The second kappa shape index (κ2) is 10.4. The van der Waals surface area contributed by atoms with Gasteiger partial charge in [0.1, 0.15) is 11.6 Å². The van der Waals surface area contributed by atoms with Gasteiger partial charge < -0.3 is 0 Å². The van der Waals surface area contributed by atoms with Gasteiger partial charge in [0.2, 0.25) is 0 Å². The molecule has 0 aliphatic heterocycles. The normalized spacial score (nSPS) is 9.29. The number of rotatable bonds is 5. The molecule has 2 heteroatoms. The van der Waals surface area contributed by atoms with Gasteiger partial charge in [0.25, 0.3) is 0 Å². The van der Waals surface area contributed by atoms with Crippen molar-refractivity contribution in [1.29, 1.82) is 0 Å². The summed E-state index contributed by atoms with van der Waals surface area (Å²) in [6, 6.07) is 0. The molecule has 0 saturated carbocycles. The molecule has 0 heterocycles. The number of hydrogen-bond acceptors (Lipinski definition) is 2. The quantitative estimate of drug-likeness (QED) is 0.637. The monoisotopic (exact) mass is 200 g/mol. The van der Waals surface area contributed by atoms with Crippen molar-refractivity contribution in [2.45, 2.75) is 60.3 Å². The zero-order chi connectivity index (χ0) is 11.6. The highest BCUT2D eigenvalue weighted by Crippen LogP contribution is 2.00. The van der Waals surface area contributed by atoms with Gasteiger partial charge in [-0.05, 0) is 0 Å². The topological polar surface area (TPSA) is 34.1 Å². The second-order valence-corrected chi connectivity index (χ2v) is 3.69. The molecule has 0 bridgehead atoms. The van der Waals surface area contributed by atoms with Crippen LogP contribution >= 0.6 is 0 Å². The van der Waals surface area contributed by atoms with E-state index in [0.717, 1.165) is 0 Å². The van der Waals surface area contributed by atoms with Crippen LogP contribution in [0.25, 0.3) is 0 Å². The average molecular weight is 200 g/mol. The summed E-state index contributed by atoms with van der Waals surface area (Å²) in [5, 5.41) is 0. The molecule has 0 aliphatic rings. The van der Waals surface area contributed by atoms with Gasteiger partial charge in [-0.2, -0.15) is 0 Å². The van der Waals surface area contributed by atoms with E-state index in [2.05, 4.69) is 13.8 Å². The Morgan fingerprint density at radius 1 is 1.00 bits per heavy atom. The maximum Gasteiger partial charge on any atom is 0.142 e. The van der Waals surface area contributed by atoms with E-state index < -0.39 is 0 Å². The summed E-state index contributed by atoms with van der Waals surface area (Å²) in [6.07, 6.45) is 3.23. The van der Waals surface area contributed by atoms with Crippen LogP contribution in [0, 0.1) is 5.92 Å². The summed E-state index contributed by atoms with van der Waals surface area (Å²) in [6.45, 7) is 9.76. The number of Topliss-reactive ketones (excluding diaryl/α,β-unsaturated/α-hetero) is 2. The maximum absolute atomic E-state index is 10.9. The molecular formula is C12H24O2. The Labute approximate surface area is 88.1 Å². The number of hydrogen-bond donors (Lipinski definition) is 0. The summed E-state index contributed by atoms with van der Waals surface area (Å²) in [4.78, 5) is 21.6. The number of carbonyl (C=O) groups excluding carboxylic acids is 2. The summed E-state index contributed by atoms with van der Waals surface area (Å²) in [5.41, 5.74) is 0. The van der Waals surface area contributed by atoms with Crippen LogP contribution in [0.3, 0.4) is 0 Å². The van der Waals surface area contributed by atoms with Crippen LogP contribution in [0.1, 0.15) is 60.3 Å². The molecule has 0 aliphatic carbocycles. The van der Waals surface area contributed by atoms with Crippen molar-refractivity contribution < 1.29 is 9.59 Å². The molecule has 0 spiro atoms. The Morgan fingerprint density at radius 2 is 1.43 bits per heavy atom. The van der Waals surface area contributed by atoms with Gasteiger partial charge in [-0.1, -0.05) is 47.5 Å². The summed E-state index contributed by atoms with van der Waals surface area (Å²) in [5.74, 6) is 0.0843. The molecule has 0 unspecified atom stereocenters. The third kappa shape index (κ3) is 11.3. The molecule has 14 heavy (non-hydrogen) atoms. The Hall–Kier alpha value is -0.660. The van der Waals surface area contributed by atoms with Gasteiger partial charge in [-0.15, -0.1) is 0 Å². The average Bonchev–Trinajstić information content (AvgIpc) is 2.17. The molecule has 2 nitrogen and oxygen atoms in total. The Bertz CT molecular complexity index is 158. The molecule has 0 aromatic heterocycles. The van der Waals surface area contributed by atoms with E-state index >= 15 is 0 Å². The van der Waals surface area contributed by atoms with Crippen LogP contribution in [-0.4, -0.2) is 11.6 Å². The lowest BCUT2D eigenvalue weighted by Gasteiger charge is -2.00. The smallest absolute Gasteiger partial charge is 0.142 e. The molecule has 0 saturated heterocycles. The van der Waals surface area contributed by atoms with Gasteiger partial charge in [-0.3, -0.25) is 9.59 Å². The number of carbonyl (C=O) groups is 2. The lowest BCUT2D eigenvalue weighted by Crippen LogP contribution is -2.12. The van der Waals surface area contributed by atoms with Gasteiger partial charge in [-0.25, -0.2) is 0 Å². The second-order valence-electron chi connectivity index (χ2n) is 3.69. The third-order valence-corrected chi connectivity index (χ3v) is 1.91. The van der Waals surface area contributed by atoms with E-state index in [1.807, 2.05) is 13.8 Å². The predicted molar refractivity (Wildman–Crippen MR) is 60.3 cm³/mol. The van der Waals surface area contributed by atoms with E-state index in [0.29, 0.717) is 6.42 Å². The highest BCUT2D eigenvalue weighted by atomic mass is 16.1. The molecular weight excluding hydrogens is 176 g/mol. The largest absolute Gasteiger partial charge is 0.299 e. The van der Waals surface area contributed by atoms with Crippen molar-refractivity contribution in [2.75, 3.05) is 0 Å². The molecule has 0 radical (unpaired) electrons. The first-order chi connectivity index (χ1) is 6.49. The fraction of sp³-hybridized carbons (Fsp3) is 0.833. The number of unbranched alkanes of at least 4 members (excludes halogenated alkanes) is 1. The van der Waals surface area contributed by atoms with Crippen LogP contribution in [0.2, 0.25) is 0 Å². The first-order valence-corrected chi connectivity index (χ1v) is 5.53. The van der Waals surface area contributed by atoms with Gasteiger partial charge in [0, 0.05) is 12.3 Å². The molecule has 0 fully saturated rings. The van der Waals surface area contributed by atoms with Crippen LogP contribution in [0.5, 0.6) is 0 Å².